The van der Waals surface area contributed by atoms with Crippen LogP contribution in [-0.4, -0.2) is 25.0 Å². The SMILES string of the molecule is COc1cccc(NC(=O)C(=O)N[C@@H]2CCCC[C@H]2C)c1. The molecular formula is C16H22N2O3. The number of anilines is 1. The summed E-state index contributed by atoms with van der Waals surface area (Å²) >= 11 is 0. The summed E-state index contributed by atoms with van der Waals surface area (Å²) in [5.41, 5.74) is 0.547. The summed E-state index contributed by atoms with van der Waals surface area (Å²) < 4.78 is 5.08. The van der Waals surface area contributed by atoms with E-state index in [1.165, 1.54) is 6.42 Å². The second kappa shape index (κ2) is 7.11. The smallest absolute Gasteiger partial charge is 0.313 e. The fourth-order valence-electron chi connectivity index (χ4n) is 2.65. The standard InChI is InChI=1S/C16H22N2O3/c1-11-6-3-4-9-14(11)18-16(20)15(19)17-12-7-5-8-13(10-12)21-2/h5,7-8,10-11,14H,3-4,6,9H2,1-2H3,(H,17,19)(H,18,20)/t11-,14-/m1/s1. The number of hydrogen-bond acceptors (Lipinski definition) is 3. The molecule has 2 rings (SSSR count). The Morgan fingerprint density at radius 1 is 1.19 bits per heavy atom. The average molecular weight is 290 g/mol. The number of nitrogens with one attached hydrogen (secondary N) is 2. The molecule has 0 aliphatic heterocycles. The number of benzene rings is 1. The minimum atomic E-state index is -0.638. The van der Waals surface area contributed by atoms with Crippen molar-refractivity contribution in [3.63, 3.8) is 0 Å². The van der Waals surface area contributed by atoms with Gasteiger partial charge in [0.25, 0.3) is 0 Å². The van der Waals surface area contributed by atoms with Gasteiger partial charge in [0.15, 0.2) is 0 Å². The zero-order valence-electron chi connectivity index (χ0n) is 12.5. The Morgan fingerprint density at radius 3 is 2.67 bits per heavy atom. The molecule has 0 spiro atoms. The van der Waals surface area contributed by atoms with E-state index in [2.05, 4.69) is 17.6 Å². The summed E-state index contributed by atoms with van der Waals surface area (Å²) in [6, 6.07) is 7.03. The molecule has 0 radical (unpaired) electrons. The van der Waals surface area contributed by atoms with Crippen molar-refractivity contribution in [3.8, 4) is 5.75 Å². The first-order valence-corrected chi connectivity index (χ1v) is 7.36. The molecule has 2 atom stereocenters. The molecule has 2 amide bonds. The van der Waals surface area contributed by atoms with Gasteiger partial charge in [-0.15, -0.1) is 0 Å². The summed E-state index contributed by atoms with van der Waals surface area (Å²) in [6.45, 7) is 2.12. The van der Waals surface area contributed by atoms with Crippen molar-refractivity contribution in [2.75, 3.05) is 12.4 Å². The number of carbonyl (C=O) groups is 2. The zero-order valence-corrected chi connectivity index (χ0v) is 12.5. The molecule has 1 aromatic carbocycles. The first-order valence-electron chi connectivity index (χ1n) is 7.36. The van der Waals surface area contributed by atoms with Gasteiger partial charge in [0.05, 0.1) is 7.11 Å². The van der Waals surface area contributed by atoms with Crippen molar-refractivity contribution in [2.45, 2.75) is 38.6 Å². The minimum absolute atomic E-state index is 0.0994. The molecule has 1 aliphatic carbocycles. The largest absolute Gasteiger partial charge is 0.497 e. The maximum Gasteiger partial charge on any atom is 0.313 e. The molecule has 0 saturated heterocycles. The van der Waals surface area contributed by atoms with Crippen LogP contribution < -0.4 is 15.4 Å². The molecule has 0 unspecified atom stereocenters. The van der Waals surface area contributed by atoms with Crippen LogP contribution in [0, 0.1) is 5.92 Å². The van der Waals surface area contributed by atoms with Crippen LogP contribution in [0.1, 0.15) is 32.6 Å². The van der Waals surface area contributed by atoms with Crippen LogP contribution in [-0.2, 0) is 9.59 Å². The third kappa shape index (κ3) is 4.21. The van der Waals surface area contributed by atoms with Gasteiger partial charge in [-0.2, -0.15) is 0 Å². The van der Waals surface area contributed by atoms with E-state index < -0.39 is 11.8 Å². The molecule has 1 aromatic rings. The van der Waals surface area contributed by atoms with E-state index >= 15 is 0 Å². The van der Waals surface area contributed by atoms with Gasteiger partial charge in [0.2, 0.25) is 0 Å². The molecule has 5 nitrogen and oxygen atoms in total. The summed E-state index contributed by atoms with van der Waals surface area (Å²) in [6.07, 6.45) is 4.35. The fourth-order valence-corrected chi connectivity index (χ4v) is 2.65. The predicted octanol–water partition coefficient (Wildman–Crippen LogP) is 2.33. The molecule has 1 saturated carbocycles. The molecule has 0 heterocycles. The highest BCUT2D eigenvalue weighted by molar-refractivity contribution is 6.39. The second-order valence-corrected chi connectivity index (χ2v) is 5.53. The van der Waals surface area contributed by atoms with Gasteiger partial charge in [0, 0.05) is 17.8 Å². The number of amides is 2. The van der Waals surface area contributed by atoms with Crippen molar-refractivity contribution in [3.05, 3.63) is 24.3 Å². The molecule has 1 fully saturated rings. The summed E-state index contributed by atoms with van der Waals surface area (Å²) in [5.74, 6) is -0.154. The Labute approximate surface area is 125 Å². The summed E-state index contributed by atoms with van der Waals surface area (Å²) in [4.78, 5) is 23.9. The van der Waals surface area contributed by atoms with Gasteiger partial charge in [-0.05, 0) is 30.9 Å². The molecule has 5 heteroatoms. The van der Waals surface area contributed by atoms with Crippen LogP contribution in [0.25, 0.3) is 0 Å². The highest BCUT2D eigenvalue weighted by atomic mass is 16.5. The highest BCUT2D eigenvalue weighted by Gasteiger charge is 2.25. The van der Waals surface area contributed by atoms with E-state index in [9.17, 15) is 9.59 Å². The third-order valence-corrected chi connectivity index (χ3v) is 3.96. The molecule has 2 N–H and O–H groups in total. The number of methoxy groups -OCH3 is 1. The van der Waals surface area contributed by atoms with Crippen LogP contribution >= 0.6 is 0 Å². The van der Waals surface area contributed by atoms with Gasteiger partial charge in [-0.25, -0.2) is 0 Å². The molecule has 0 aromatic heterocycles. The van der Waals surface area contributed by atoms with E-state index in [0.717, 1.165) is 19.3 Å². The van der Waals surface area contributed by atoms with Crippen molar-refractivity contribution >= 4 is 17.5 Å². The predicted molar refractivity (Wildman–Crippen MR) is 81.2 cm³/mol. The van der Waals surface area contributed by atoms with Gasteiger partial charge in [-0.1, -0.05) is 25.8 Å². The van der Waals surface area contributed by atoms with Crippen LogP contribution in [0.2, 0.25) is 0 Å². The Morgan fingerprint density at radius 2 is 1.95 bits per heavy atom. The molecular weight excluding hydrogens is 268 g/mol. The summed E-state index contributed by atoms with van der Waals surface area (Å²) in [5, 5.41) is 5.42. The first-order chi connectivity index (χ1) is 10.1. The van der Waals surface area contributed by atoms with Crippen LogP contribution in [0.3, 0.4) is 0 Å². The molecule has 1 aliphatic rings. The average Bonchev–Trinajstić information content (AvgIpc) is 2.49. The number of carbonyl (C=O) groups excluding carboxylic acids is 2. The van der Waals surface area contributed by atoms with Gasteiger partial charge < -0.3 is 15.4 Å². The number of hydrogen-bond donors (Lipinski definition) is 2. The highest BCUT2D eigenvalue weighted by Crippen LogP contribution is 2.23. The van der Waals surface area contributed by atoms with Gasteiger partial charge >= 0.3 is 11.8 Å². The zero-order chi connectivity index (χ0) is 15.2. The Kier molecular flexibility index (Phi) is 5.20. The monoisotopic (exact) mass is 290 g/mol. The lowest BCUT2D eigenvalue weighted by Gasteiger charge is -2.29. The van der Waals surface area contributed by atoms with E-state index in [0.29, 0.717) is 17.4 Å². The van der Waals surface area contributed by atoms with Crippen LogP contribution in [0.4, 0.5) is 5.69 Å². The second-order valence-electron chi connectivity index (χ2n) is 5.53. The first kappa shape index (κ1) is 15.4. The summed E-state index contributed by atoms with van der Waals surface area (Å²) in [7, 11) is 1.55. The molecule has 114 valence electrons. The fraction of sp³-hybridized carbons (Fsp3) is 0.500. The maximum absolute atomic E-state index is 12.0. The normalized spacial score (nSPS) is 21.4. The molecule has 0 bridgehead atoms. The Bertz CT molecular complexity index is 516. The minimum Gasteiger partial charge on any atom is -0.497 e. The van der Waals surface area contributed by atoms with Gasteiger partial charge in [0.1, 0.15) is 5.75 Å². The number of ether oxygens (including phenoxy) is 1. The van der Waals surface area contributed by atoms with E-state index in [4.69, 9.17) is 4.74 Å². The van der Waals surface area contributed by atoms with Crippen molar-refractivity contribution < 1.29 is 14.3 Å². The van der Waals surface area contributed by atoms with Crippen molar-refractivity contribution in [1.29, 1.82) is 0 Å². The Balaban J connectivity index is 1.91. The van der Waals surface area contributed by atoms with E-state index in [-0.39, 0.29) is 6.04 Å². The van der Waals surface area contributed by atoms with E-state index in [1.807, 2.05) is 0 Å². The number of rotatable bonds is 3. The van der Waals surface area contributed by atoms with Crippen LogP contribution in [0.15, 0.2) is 24.3 Å². The lowest BCUT2D eigenvalue weighted by molar-refractivity contribution is -0.137. The molecule has 21 heavy (non-hydrogen) atoms. The topological polar surface area (TPSA) is 67.4 Å². The van der Waals surface area contributed by atoms with E-state index in [1.54, 1.807) is 31.4 Å². The van der Waals surface area contributed by atoms with Crippen molar-refractivity contribution in [2.24, 2.45) is 5.92 Å². The quantitative estimate of drug-likeness (QED) is 0.840. The van der Waals surface area contributed by atoms with Crippen LogP contribution in [0.5, 0.6) is 5.75 Å². The lowest BCUT2D eigenvalue weighted by atomic mass is 9.86. The lowest BCUT2D eigenvalue weighted by Crippen LogP contribution is -2.45. The maximum atomic E-state index is 12.0. The van der Waals surface area contributed by atoms with Crippen molar-refractivity contribution in [1.82, 2.24) is 5.32 Å². The van der Waals surface area contributed by atoms with Gasteiger partial charge in [-0.3, -0.25) is 9.59 Å². The third-order valence-electron chi connectivity index (χ3n) is 3.96. The Hall–Kier alpha value is -2.04.